The molecule has 1 atom stereocenters. The minimum Gasteiger partial charge on any atom is -0.356 e. The third-order valence-electron chi connectivity index (χ3n) is 3.93. The lowest BCUT2D eigenvalue weighted by atomic mass is 10.1. The summed E-state index contributed by atoms with van der Waals surface area (Å²) in [6, 6.07) is 21.1. The molecule has 1 aliphatic rings. The van der Waals surface area contributed by atoms with Gasteiger partial charge in [-0.25, -0.2) is 0 Å². The van der Waals surface area contributed by atoms with E-state index >= 15 is 0 Å². The third-order valence-corrected chi connectivity index (χ3v) is 6.66. The first kappa shape index (κ1) is 16.4. The quantitative estimate of drug-likeness (QED) is 0.675. The smallest absolute Gasteiger partial charge is 0.244 e. The number of nitrogens with one attached hydrogen (secondary N) is 1. The number of carbonyl (C=O) groups is 1. The minimum absolute atomic E-state index is 0.0639. The van der Waals surface area contributed by atoms with Crippen molar-refractivity contribution in [2.24, 2.45) is 0 Å². The van der Waals surface area contributed by atoms with Crippen LogP contribution >= 0.6 is 7.92 Å². The normalized spacial score (nSPS) is 18.1. The van der Waals surface area contributed by atoms with Crippen LogP contribution in [0.5, 0.6) is 0 Å². The summed E-state index contributed by atoms with van der Waals surface area (Å²) < 4.78 is 0. The van der Waals surface area contributed by atoms with Crippen molar-refractivity contribution >= 4 is 24.4 Å². The van der Waals surface area contributed by atoms with Crippen LogP contribution in [0.3, 0.4) is 0 Å². The van der Waals surface area contributed by atoms with Crippen molar-refractivity contribution < 1.29 is 4.79 Å². The average molecular weight is 333 g/mol. The molecule has 1 N–H and O–H groups in total. The molecule has 0 aliphatic heterocycles. The SMILES string of the molecule is CNC(=O)C=C1C=CC=CC1P(c1ccccc1)c1ccccc1. The summed E-state index contributed by atoms with van der Waals surface area (Å²) in [4.78, 5) is 11.9. The van der Waals surface area contributed by atoms with Crippen molar-refractivity contribution in [1.82, 2.24) is 5.32 Å². The molecule has 2 aromatic rings. The molecule has 1 aliphatic carbocycles. The molecule has 1 unspecified atom stereocenters. The van der Waals surface area contributed by atoms with Crippen LogP contribution in [0.15, 0.2) is 96.6 Å². The van der Waals surface area contributed by atoms with E-state index in [2.05, 4.69) is 66.0 Å². The summed E-state index contributed by atoms with van der Waals surface area (Å²) in [6.45, 7) is 0. The lowest BCUT2D eigenvalue weighted by Crippen LogP contribution is -2.24. The van der Waals surface area contributed by atoms with Crippen LogP contribution in [-0.2, 0) is 4.79 Å². The zero-order chi connectivity index (χ0) is 16.8. The van der Waals surface area contributed by atoms with Crippen LogP contribution in [0, 0.1) is 0 Å². The Balaban J connectivity index is 2.08. The predicted molar refractivity (Wildman–Crippen MR) is 103 cm³/mol. The van der Waals surface area contributed by atoms with Gasteiger partial charge < -0.3 is 5.32 Å². The summed E-state index contributed by atoms with van der Waals surface area (Å²) >= 11 is 0. The van der Waals surface area contributed by atoms with Crippen molar-refractivity contribution in [2.75, 3.05) is 7.05 Å². The maximum atomic E-state index is 11.9. The van der Waals surface area contributed by atoms with Gasteiger partial charge in [-0.3, -0.25) is 4.79 Å². The first-order valence-electron chi connectivity index (χ1n) is 7.97. The highest BCUT2D eigenvalue weighted by Gasteiger charge is 2.26. The minimum atomic E-state index is -0.630. The number of hydrogen-bond donors (Lipinski definition) is 1. The lowest BCUT2D eigenvalue weighted by molar-refractivity contribution is -0.116. The largest absolute Gasteiger partial charge is 0.356 e. The number of hydrogen-bond acceptors (Lipinski definition) is 1. The molecule has 0 fully saturated rings. The van der Waals surface area contributed by atoms with E-state index in [0.717, 1.165) is 5.57 Å². The standard InChI is InChI=1S/C21H20NOP/c1-22-21(23)16-17-10-8-9-15-20(17)24(18-11-4-2-5-12-18)19-13-6-3-7-14-19/h2-16,20H,1H3,(H,22,23). The summed E-state index contributed by atoms with van der Waals surface area (Å²) in [5.74, 6) is -0.0639. The summed E-state index contributed by atoms with van der Waals surface area (Å²) in [5, 5.41) is 5.31. The fourth-order valence-corrected chi connectivity index (χ4v) is 5.44. The Morgan fingerprint density at radius 2 is 1.54 bits per heavy atom. The Morgan fingerprint density at radius 1 is 0.958 bits per heavy atom. The molecule has 0 spiro atoms. The van der Waals surface area contributed by atoms with E-state index in [4.69, 9.17) is 0 Å². The number of benzene rings is 2. The van der Waals surface area contributed by atoms with Crippen molar-refractivity contribution in [2.45, 2.75) is 5.66 Å². The van der Waals surface area contributed by atoms with Crippen molar-refractivity contribution in [3.05, 3.63) is 96.6 Å². The van der Waals surface area contributed by atoms with E-state index < -0.39 is 7.92 Å². The molecule has 0 heterocycles. The molecule has 24 heavy (non-hydrogen) atoms. The summed E-state index contributed by atoms with van der Waals surface area (Å²) in [6.07, 6.45) is 10.0. The zero-order valence-corrected chi connectivity index (χ0v) is 14.5. The Kier molecular flexibility index (Phi) is 5.40. The van der Waals surface area contributed by atoms with Gasteiger partial charge in [0.05, 0.1) is 0 Å². The number of carbonyl (C=O) groups excluding carboxylic acids is 1. The van der Waals surface area contributed by atoms with Gasteiger partial charge in [0.25, 0.3) is 0 Å². The van der Waals surface area contributed by atoms with Gasteiger partial charge in [-0.15, -0.1) is 0 Å². The van der Waals surface area contributed by atoms with E-state index in [-0.39, 0.29) is 11.6 Å². The van der Waals surface area contributed by atoms with Crippen molar-refractivity contribution in [3.63, 3.8) is 0 Å². The first-order chi connectivity index (χ1) is 11.8. The van der Waals surface area contributed by atoms with Crippen LogP contribution in [0.1, 0.15) is 0 Å². The molecule has 0 radical (unpaired) electrons. The molecule has 120 valence electrons. The van der Waals surface area contributed by atoms with Crippen LogP contribution in [0.2, 0.25) is 0 Å². The zero-order valence-electron chi connectivity index (χ0n) is 13.6. The van der Waals surface area contributed by atoms with Crippen LogP contribution in [-0.4, -0.2) is 18.6 Å². The topological polar surface area (TPSA) is 29.1 Å². The number of amides is 1. The second-order valence-corrected chi connectivity index (χ2v) is 7.82. The predicted octanol–water partition coefficient (Wildman–Crippen LogP) is 3.29. The van der Waals surface area contributed by atoms with Gasteiger partial charge in [-0.05, 0) is 24.1 Å². The molecule has 3 rings (SSSR count). The Hall–Kier alpha value is -2.44. The van der Waals surface area contributed by atoms with E-state index in [1.807, 2.05) is 24.3 Å². The van der Waals surface area contributed by atoms with Gasteiger partial charge in [0, 0.05) is 18.8 Å². The molecule has 0 saturated heterocycles. The molecule has 2 aromatic carbocycles. The lowest BCUT2D eigenvalue weighted by Gasteiger charge is -2.28. The van der Waals surface area contributed by atoms with Crippen LogP contribution < -0.4 is 15.9 Å². The maximum Gasteiger partial charge on any atom is 0.244 e. The molecule has 0 bridgehead atoms. The molecular weight excluding hydrogens is 313 g/mol. The Bertz CT molecular complexity index is 739. The van der Waals surface area contributed by atoms with Crippen LogP contribution in [0.4, 0.5) is 0 Å². The number of allylic oxidation sites excluding steroid dienone is 5. The van der Waals surface area contributed by atoms with Gasteiger partial charge >= 0.3 is 0 Å². The highest BCUT2D eigenvalue weighted by atomic mass is 31.1. The highest BCUT2D eigenvalue weighted by Crippen LogP contribution is 2.45. The first-order valence-corrected chi connectivity index (χ1v) is 9.38. The fraction of sp³-hybridized carbons (Fsp3) is 0.0952. The fourth-order valence-electron chi connectivity index (χ4n) is 2.79. The second-order valence-electron chi connectivity index (χ2n) is 5.49. The number of likely N-dealkylation sites (N-methyl/N-ethyl adjacent to an activating group) is 1. The van der Waals surface area contributed by atoms with Crippen molar-refractivity contribution in [1.29, 1.82) is 0 Å². The van der Waals surface area contributed by atoms with E-state index in [0.29, 0.717) is 0 Å². The maximum absolute atomic E-state index is 11.9. The summed E-state index contributed by atoms with van der Waals surface area (Å²) in [7, 11) is 1.03. The molecule has 1 amide bonds. The van der Waals surface area contributed by atoms with Gasteiger partial charge in [0.15, 0.2) is 0 Å². The van der Waals surface area contributed by atoms with Gasteiger partial charge in [-0.2, -0.15) is 0 Å². The van der Waals surface area contributed by atoms with Crippen molar-refractivity contribution in [3.8, 4) is 0 Å². The molecular formula is C21H20NOP. The third kappa shape index (κ3) is 3.72. The molecule has 2 nitrogen and oxygen atoms in total. The Labute approximate surface area is 144 Å². The molecule has 0 aromatic heterocycles. The van der Waals surface area contributed by atoms with E-state index in [1.165, 1.54) is 10.6 Å². The second kappa shape index (κ2) is 7.90. The van der Waals surface area contributed by atoms with Gasteiger partial charge in [0.1, 0.15) is 0 Å². The van der Waals surface area contributed by atoms with Gasteiger partial charge in [0.2, 0.25) is 5.91 Å². The molecule has 0 saturated carbocycles. The van der Waals surface area contributed by atoms with Gasteiger partial charge in [-0.1, -0.05) is 85.0 Å². The molecule has 3 heteroatoms. The monoisotopic (exact) mass is 333 g/mol. The average Bonchev–Trinajstić information content (AvgIpc) is 2.65. The van der Waals surface area contributed by atoms with Crippen LogP contribution in [0.25, 0.3) is 0 Å². The van der Waals surface area contributed by atoms with E-state index in [1.54, 1.807) is 13.1 Å². The van der Waals surface area contributed by atoms with E-state index in [9.17, 15) is 4.79 Å². The highest BCUT2D eigenvalue weighted by molar-refractivity contribution is 7.74. The number of rotatable bonds is 4. The summed E-state index contributed by atoms with van der Waals surface area (Å²) in [5.41, 5.74) is 1.24. The Morgan fingerprint density at radius 3 is 2.08 bits per heavy atom.